The zero-order chi connectivity index (χ0) is 5.15. The zero-order valence-electron chi connectivity index (χ0n) is 3.23. The maximum absolute atomic E-state index is 7.89. The Kier molecular flexibility index (Phi) is 8.05. The normalized spacial score (nSPS) is 6.57. The van der Waals surface area contributed by atoms with Gasteiger partial charge in [0.1, 0.15) is 0 Å². The predicted molar refractivity (Wildman–Crippen MR) is 28.4 cm³/mol. The van der Waals surface area contributed by atoms with E-state index in [9.17, 15) is 0 Å². The van der Waals surface area contributed by atoms with E-state index in [4.69, 9.17) is 10.8 Å². The van der Waals surface area contributed by atoms with E-state index in [1.165, 1.54) is 0 Å². The van der Waals surface area contributed by atoms with Crippen LogP contribution in [0.25, 0.3) is 10.8 Å². The van der Waals surface area contributed by atoms with Crippen LogP contribution in [0.15, 0.2) is 0 Å². The molecule has 2 nitrogen and oxygen atoms in total. The Bertz CT molecular complexity index is 79.7. The van der Waals surface area contributed by atoms with E-state index in [0.29, 0.717) is 0 Å². The molecular formula is C2Cl2N2Y-2. The minimum Gasteiger partial charge on any atom is -0.794 e. The molecule has 7 heavy (non-hydrogen) atoms. The second-order valence-corrected chi connectivity index (χ2v) is 1.30. The van der Waals surface area contributed by atoms with Crippen LogP contribution in [0, 0.1) is 0 Å². The van der Waals surface area contributed by atoms with Crippen molar-refractivity contribution in [1.82, 2.24) is 0 Å². The number of hydrogen-bond donors (Lipinski definition) is 0. The Balaban J connectivity index is 0. The molecule has 0 unspecified atom stereocenters. The SMILES string of the molecule is [N-]=C(Cl)C(=[N-])Cl.[Y]. The van der Waals surface area contributed by atoms with Gasteiger partial charge in [0.25, 0.3) is 0 Å². The first-order valence-corrected chi connectivity index (χ1v) is 1.83. The first-order chi connectivity index (χ1) is 2.64. The van der Waals surface area contributed by atoms with E-state index >= 15 is 0 Å². The van der Waals surface area contributed by atoms with Gasteiger partial charge in [0.15, 0.2) is 0 Å². The molecule has 5 heteroatoms. The Labute approximate surface area is 76.5 Å². The average Bonchev–Trinajstić information content (AvgIpc) is 1.36. The topological polar surface area (TPSA) is 44.6 Å². The van der Waals surface area contributed by atoms with E-state index in [2.05, 4.69) is 23.2 Å². The summed E-state index contributed by atoms with van der Waals surface area (Å²) in [5.41, 5.74) is 0. The second kappa shape index (κ2) is 5.17. The Morgan fingerprint density at radius 1 is 1.00 bits per heavy atom. The molecule has 0 aliphatic rings. The first-order valence-electron chi connectivity index (χ1n) is 1.08. The third-order valence-electron chi connectivity index (χ3n) is 0.170. The molecule has 37 valence electrons. The van der Waals surface area contributed by atoms with Gasteiger partial charge in [-0.15, -0.1) is 23.2 Å². The van der Waals surface area contributed by atoms with E-state index in [-0.39, 0.29) is 32.7 Å². The largest absolute Gasteiger partial charge is 0.794 e. The Hall–Kier alpha value is 1.02. The molecule has 0 heterocycles. The van der Waals surface area contributed by atoms with E-state index in [0.717, 1.165) is 0 Å². The molecule has 0 N–H and O–H groups in total. The molecule has 1 radical (unpaired) electrons. The van der Waals surface area contributed by atoms with Gasteiger partial charge in [-0.3, -0.25) is 0 Å². The standard InChI is InChI=1S/C2Cl2N2.Y/c3-1(5)2(4)6;/q-2;. The van der Waals surface area contributed by atoms with Gasteiger partial charge in [-0.2, -0.15) is 0 Å². The second-order valence-electron chi connectivity index (χ2n) is 0.582. The zero-order valence-corrected chi connectivity index (χ0v) is 7.58. The molecule has 0 saturated carbocycles. The summed E-state index contributed by atoms with van der Waals surface area (Å²) >= 11 is 9.33. The Morgan fingerprint density at radius 2 is 1.14 bits per heavy atom. The molecule has 0 aliphatic heterocycles. The molecule has 0 atom stereocenters. The fourth-order valence-corrected chi connectivity index (χ4v) is 0. The maximum Gasteiger partial charge on any atom is 0 e. The van der Waals surface area contributed by atoms with Crippen LogP contribution in [0.3, 0.4) is 0 Å². The molecule has 0 aliphatic carbocycles. The van der Waals surface area contributed by atoms with Crippen LogP contribution < -0.4 is 0 Å². The van der Waals surface area contributed by atoms with Crippen LogP contribution in [0.1, 0.15) is 0 Å². The van der Waals surface area contributed by atoms with Gasteiger partial charge in [0.05, 0.1) is 0 Å². The minimum absolute atomic E-state index is 0. The van der Waals surface area contributed by atoms with Gasteiger partial charge in [0.2, 0.25) is 0 Å². The summed E-state index contributed by atoms with van der Waals surface area (Å²) in [6, 6.07) is 0. The molecule has 0 aromatic heterocycles. The van der Waals surface area contributed by atoms with E-state index in [1.807, 2.05) is 0 Å². The molecular weight excluding hydrogens is 212 g/mol. The van der Waals surface area contributed by atoms with Crippen molar-refractivity contribution in [2.24, 2.45) is 0 Å². The summed E-state index contributed by atoms with van der Waals surface area (Å²) in [6.07, 6.45) is 0. The molecule has 0 spiro atoms. The van der Waals surface area contributed by atoms with Crippen molar-refractivity contribution in [2.45, 2.75) is 0 Å². The molecule has 0 saturated heterocycles. The molecule has 0 aromatic carbocycles. The molecule has 0 aromatic rings. The van der Waals surface area contributed by atoms with Crippen LogP contribution in [0.2, 0.25) is 0 Å². The predicted octanol–water partition coefficient (Wildman–Crippen LogP) is 1.40. The molecule has 0 bridgehead atoms. The van der Waals surface area contributed by atoms with Crippen molar-refractivity contribution in [3.63, 3.8) is 0 Å². The number of hydrogen-bond acceptors (Lipinski definition) is 0. The van der Waals surface area contributed by atoms with Crippen molar-refractivity contribution < 1.29 is 32.7 Å². The van der Waals surface area contributed by atoms with Crippen molar-refractivity contribution in [3.8, 4) is 0 Å². The van der Waals surface area contributed by atoms with Crippen molar-refractivity contribution in [1.29, 1.82) is 0 Å². The molecule has 0 rings (SSSR count). The monoisotopic (exact) mass is 211 g/mol. The smallest absolute Gasteiger partial charge is 0 e. The molecule has 0 fully saturated rings. The quantitative estimate of drug-likeness (QED) is 0.589. The third-order valence-corrected chi connectivity index (χ3v) is 0.625. The van der Waals surface area contributed by atoms with Crippen LogP contribution in [0.5, 0.6) is 0 Å². The average molecular weight is 212 g/mol. The van der Waals surface area contributed by atoms with Crippen LogP contribution in [-0.4, -0.2) is 10.3 Å². The van der Waals surface area contributed by atoms with Crippen molar-refractivity contribution in [2.75, 3.05) is 0 Å². The fourth-order valence-electron chi connectivity index (χ4n) is 0. The van der Waals surface area contributed by atoms with Gasteiger partial charge in [-0.05, 0) is 0 Å². The number of rotatable bonds is 1. The summed E-state index contributed by atoms with van der Waals surface area (Å²) < 4.78 is 0. The van der Waals surface area contributed by atoms with Gasteiger partial charge < -0.3 is 10.8 Å². The van der Waals surface area contributed by atoms with Crippen LogP contribution in [-0.2, 0) is 32.7 Å². The number of halogens is 2. The summed E-state index contributed by atoms with van der Waals surface area (Å²) in [5.74, 6) is 0. The third kappa shape index (κ3) is 7.02. The fraction of sp³-hybridized carbons (Fsp3) is 0. The molecule has 0 amide bonds. The van der Waals surface area contributed by atoms with Crippen LogP contribution >= 0.6 is 23.2 Å². The van der Waals surface area contributed by atoms with Gasteiger partial charge in [-0.25, -0.2) is 0 Å². The van der Waals surface area contributed by atoms with Gasteiger partial charge >= 0.3 is 0 Å². The van der Waals surface area contributed by atoms with Crippen molar-refractivity contribution >= 4 is 33.5 Å². The summed E-state index contributed by atoms with van der Waals surface area (Å²) in [5, 5.41) is 14.2. The van der Waals surface area contributed by atoms with Crippen LogP contribution in [0.4, 0.5) is 0 Å². The Morgan fingerprint density at radius 3 is 1.14 bits per heavy atom. The van der Waals surface area contributed by atoms with Crippen molar-refractivity contribution in [3.05, 3.63) is 10.8 Å². The van der Waals surface area contributed by atoms with E-state index in [1.54, 1.807) is 0 Å². The summed E-state index contributed by atoms with van der Waals surface area (Å²) in [7, 11) is 0. The van der Waals surface area contributed by atoms with E-state index < -0.39 is 10.3 Å². The summed E-state index contributed by atoms with van der Waals surface area (Å²) in [4.78, 5) is 0. The van der Waals surface area contributed by atoms with Gasteiger partial charge in [0, 0.05) is 32.7 Å². The first kappa shape index (κ1) is 10.9. The van der Waals surface area contributed by atoms with Gasteiger partial charge in [-0.1, -0.05) is 10.3 Å². The number of nitrogens with zero attached hydrogens (tertiary/aromatic N) is 2. The summed E-state index contributed by atoms with van der Waals surface area (Å²) in [6.45, 7) is 0. The maximum atomic E-state index is 7.89. The minimum atomic E-state index is -0.781.